The van der Waals surface area contributed by atoms with Crippen molar-refractivity contribution >= 4 is 0 Å². The first-order valence-electron chi connectivity index (χ1n) is 4.79. The second-order valence-electron chi connectivity index (χ2n) is 3.33. The van der Waals surface area contributed by atoms with Gasteiger partial charge >= 0.3 is 0 Å². The third kappa shape index (κ3) is 2.48. The molecule has 1 rings (SSSR count). The molecule has 1 saturated carbocycles. The molecule has 1 atom stereocenters. The molecule has 0 spiro atoms. The van der Waals surface area contributed by atoms with Gasteiger partial charge in [-0.2, -0.15) is 0 Å². The number of hydrogen-bond donors (Lipinski definition) is 0. The van der Waals surface area contributed by atoms with Crippen molar-refractivity contribution in [3.63, 3.8) is 0 Å². The summed E-state index contributed by atoms with van der Waals surface area (Å²) >= 11 is 0. The summed E-state index contributed by atoms with van der Waals surface area (Å²) in [6, 6.07) is 0. The van der Waals surface area contributed by atoms with Crippen molar-refractivity contribution in [2.45, 2.75) is 45.1 Å². The second-order valence-corrected chi connectivity index (χ2v) is 3.33. The summed E-state index contributed by atoms with van der Waals surface area (Å²) in [6.45, 7) is 6.81. The molecule has 1 fully saturated rings. The minimum absolute atomic E-state index is 0.520. The van der Waals surface area contributed by atoms with Gasteiger partial charge in [-0.3, -0.25) is 0 Å². The van der Waals surface area contributed by atoms with Gasteiger partial charge in [0, 0.05) is 6.61 Å². The Hall–Kier alpha value is -0.0400. The van der Waals surface area contributed by atoms with E-state index in [0.29, 0.717) is 6.10 Å². The van der Waals surface area contributed by atoms with Crippen molar-refractivity contribution in [3.8, 4) is 0 Å². The van der Waals surface area contributed by atoms with Crippen molar-refractivity contribution in [1.29, 1.82) is 0 Å². The van der Waals surface area contributed by atoms with Gasteiger partial charge < -0.3 is 4.74 Å². The first kappa shape index (κ1) is 9.05. The fourth-order valence-corrected chi connectivity index (χ4v) is 1.68. The Morgan fingerprint density at radius 1 is 1.55 bits per heavy atom. The van der Waals surface area contributed by atoms with Crippen LogP contribution in [0, 0.1) is 12.8 Å². The van der Waals surface area contributed by atoms with Crippen molar-refractivity contribution in [2.75, 3.05) is 6.61 Å². The zero-order chi connectivity index (χ0) is 8.10. The van der Waals surface area contributed by atoms with Crippen LogP contribution < -0.4 is 0 Å². The predicted octanol–water partition coefficient (Wildman–Crippen LogP) is 2.81. The number of hydrogen-bond acceptors (Lipinski definition) is 1. The van der Waals surface area contributed by atoms with Gasteiger partial charge in [-0.15, -0.1) is 0 Å². The van der Waals surface area contributed by atoms with E-state index in [4.69, 9.17) is 4.74 Å². The highest BCUT2D eigenvalue weighted by atomic mass is 16.5. The third-order valence-electron chi connectivity index (χ3n) is 2.54. The molecule has 0 bridgehead atoms. The lowest BCUT2D eigenvalue weighted by Crippen LogP contribution is -2.29. The van der Waals surface area contributed by atoms with Gasteiger partial charge in [-0.1, -0.05) is 19.8 Å². The number of ether oxygens (including phenoxy) is 1. The van der Waals surface area contributed by atoms with E-state index in [9.17, 15) is 0 Å². The van der Waals surface area contributed by atoms with Crippen LogP contribution in [0.5, 0.6) is 0 Å². The summed E-state index contributed by atoms with van der Waals surface area (Å²) in [5, 5.41) is 0. The molecule has 0 heterocycles. The van der Waals surface area contributed by atoms with E-state index in [0.717, 1.165) is 25.4 Å². The lowest BCUT2D eigenvalue weighted by Gasteiger charge is -2.33. The second kappa shape index (κ2) is 4.76. The molecule has 0 aromatic carbocycles. The van der Waals surface area contributed by atoms with Crippen molar-refractivity contribution < 1.29 is 4.74 Å². The van der Waals surface area contributed by atoms with Crippen molar-refractivity contribution in [2.24, 2.45) is 5.92 Å². The molecule has 1 heteroatoms. The lowest BCUT2D eigenvalue weighted by molar-refractivity contribution is -0.0118. The summed E-state index contributed by atoms with van der Waals surface area (Å²) in [7, 11) is 0. The van der Waals surface area contributed by atoms with E-state index in [1.54, 1.807) is 0 Å². The van der Waals surface area contributed by atoms with Gasteiger partial charge in [0.05, 0.1) is 6.10 Å². The van der Waals surface area contributed by atoms with E-state index in [1.165, 1.54) is 19.3 Å². The predicted molar refractivity (Wildman–Crippen MR) is 47.3 cm³/mol. The minimum atomic E-state index is 0.520. The quantitative estimate of drug-likeness (QED) is 0.593. The monoisotopic (exact) mass is 155 g/mol. The Labute approximate surface area is 70.1 Å². The molecule has 0 saturated heterocycles. The Balaban J connectivity index is 2.19. The highest BCUT2D eigenvalue weighted by Gasteiger charge is 2.26. The molecule has 65 valence electrons. The fraction of sp³-hybridized carbons (Fsp3) is 0.900. The standard InChI is InChI=1S/C10H19O/c1-3-6-10(11-4-2)9-7-5-8-9/h9-10H,1,3-8H2,2H3. The van der Waals surface area contributed by atoms with E-state index >= 15 is 0 Å². The van der Waals surface area contributed by atoms with Crippen LogP contribution in [-0.4, -0.2) is 12.7 Å². The molecule has 1 aliphatic carbocycles. The van der Waals surface area contributed by atoms with Crippen LogP contribution >= 0.6 is 0 Å². The summed E-state index contributed by atoms with van der Waals surface area (Å²) in [5.41, 5.74) is 0. The van der Waals surface area contributed by atoms with E-state index in [2.05, 4.69) is 13.8 Å². The smallest absolute Gasteiger partial charge is 0.0603 e. The molecule has 1 aliphatic rings. The van der Waals surface area contributed by atoms with Crippen LogP contribution in [0.3, 0.4) is 0 Å². The first-order chi connectivity index (χ1) is 5.38. The Bertz CT molecular complexity index is 91.0. The maximum atomic E-state index is 5.65. The van der Waals surface area contributed by atoms with Gasteiger partial charge in [-0.05, 0) is 32.1 Å². The molecule has 0 aliphatic heterocycles. The molecule has 1 nitrogen and oxygen atoms in total. The summed E-state index contributed by atoms with van der Waals surface area (Å²) < 4.78 is 5.65. The minimum Gasteiger partial charge on any atom is -0.378 e. The highest BCUT2D eigenvalue weighted by Crippen LogP contribution is 2.32. The molecule has 11 heavy (non-hydrogen) atoms. The van der Waals surface area contributed by atoms with Gasteiger partial charge in [0.1, 0.15) is 0 Å². The maximum absolute atomic E-state index is 5.65. The van der Waals surface area contributed by atoms with Gasteiger partial charge in [0.2, 0.25) is 0 Å². The fourth-order valence-electron chi connectivity index (χ4n) is 1.68. The number of rotatable bonds is 5. The third-order valence-corrected chi connectivity index (χ3v) is 2.54. The molecular formula is C10H19O. The normalized spacial score (nSPS) is 21.3. The summed E-state index contributed by atoms with van der Waals surface area (Å²) in [5.74, 6) is 0.858. The maximum Gasteiger partial charge on any atom is 0.0603 e. The molecule has 0 aromatic rings. The molecular weight excluding hydrogens is 136 g/mol. The largest absolute Gasteiger partial charge is 0.378 e. The highest BCUT2D eigenvalue weighted by molar-refractivity contribution is 4.78. The van der Waals surface area contributed by atoms with Crippen LogP contribution in [0.15, 0.2) is 0 Å². The molecule has 0 N–H and O–H groups in total. The average Bonchev–Trinajstić information content (AvgIpc) is 1.85. The molecule has 1 radical (unpaired) electrons. The molecule has 1 unspecified atom stereocenters. The molecule has 0 amide bonds. The molecule has 0 aromatic heterocycles. The van der Waals surface area contributed by atoms with Crippen LogP contribution in [0.1, 0.15) is 39.0 Å². The SMILES string of the molecule is [CH2]CCC(OCC)C1CCC1. The zero-order valence-corrected chi connectivity index (χ0v) is 7.51. The topological polar surface area (TPSA) is 9.23 Å². The Morgan fingerprint density at radius 3 is 2.64 bits per heavy atom. The van der Waals surface area contributed by atoms with Crippen LogP contribution in [0.25, 0.3) is 0 Å². The van der Waals surface area contributed by atoms with Gasteiger partial charge in [0.25, 0.3) is 0 Å². The van der Waals surface area contributed by atoms with Gasteiger partial charge in [0.15, 0.2) is 0 Å². The summed E-state index contributed by atoms with van der Waals surface area (Å²) in [4.78, 5) is 0. The van der Waals surface area contributed by atoms with E-state index < -0.39 is 0 Å². The van der Waals surface area contributed by atoms with Crippen LogP contribution in [0.2, 0.25) is 0 Å². The van der Waals surface area contributed by atoms with Gasteiger partial charge in [-0.25, -0.2) is 0 Å². The summed E-state index contributed by atoms with van der Waals surface area (Å²) in [6.07, 6.45) is 6.85. The van der Waals surface area contributed by atoms with Crippen molar-refractivity contribution in [3.05, 3.63) is 6.92 Å². The average molecular weight is 155 g/mol. The zero-order valence-electron chi connectivity index (χ0n) is 7.51. The van der Waals surface area contributed by atoms with Crippen LogP contribution in [0.4, 0.5) is 0 Å². The lowest BCUT2D eigenvalue weighted by atomic mass is 9.79. The van der Waals surface area contributed by atoms with Crippen LogP contribution in [-0.2, 0) is 4.74 Å². The first-order valence-corrected chi connectivity index (χ1v) is 4.79. The Morgan fingerprint density at radius 2 is 2.27 bits per heavy atom. The van der Waals surface area contributed by atoms with E-state index in [-0.39, 0.29) is 0 Å². The van der Waals surface area contributed by atoms with Crippen molar-refractivity contribution in [1.82, 2.24) is 0 Å². The van der Waals surface area contributed by atoms with E-state index in [1.807, 2.05) is 0 Å². The Kier molecular flexibility index (Phi) is 3.92.